The van der Waals surface area contributed by atoms with Gasteiger partial charge in [-0.3, -0.25) is 10.1 Å². The Morgan fingerprint density at radius 2 is 2.00 bits per heavy atom. The molecular formula is C9H11FN2O2. The number of hydrogen-bond donors (Lipinski definition) is 0. The van der Waals surface area contributed by atoms with Crippen LogP contribution < -0.4 is 4.90 Å². The van der Waals surface area contributed by atoms with Gasteiger partial charge in [0, 0.05) is 25.8 Å². The molecule has 76 valence electrons. The van der Waals surface area contributed by atoms with Gasteiger partial charge in [-0.1, -0.05) is 0 Å². The fourth-order valence-electron chi connectivity index (χ4n) is 1.27. The van der Waals surface area contributed by atoms with Gasteiger partial charge in [-0.15, -0.1) is 0 Å². The van der Waals surface area contributed by atoms with E-state index >= 15 is 0 Å². The summed E-state index contributed by atoms with van der Waals surface area (Å²) in [6.45, 7) is 1.71. The van der Waals surface area contributed by atoms with Crippen LogP contribution in [0.3, 0.4) is 0 Å². The maximum atomic E-state index is 13.1. The van der Waals surface area contributed by atoms with E-state index in [1.807, 2.05) is 0 Å². The Morgan fingerprint density at radius 1 is 1.43 bits per heavy atom. The van der Waals surface area contributed by atoms with E-state index in [4.69, 9.17) is 0 Å². The molecule has 1 rings (SSSR count). The molecule has 1 aromatic carbocycles. The fourth-order valence-corrected chi connectivity index (χ4v) is 1.27. The predicted molar refractivity (Wildman–Crippen MR) is 52.1 cm³/mol. The van der Waals surface area contributed by atoms with Crippen LogP contribution in [0.15, 0.2) is 12.1 Å². The number of halogens is 1. The molecule has 0 amide bonds. The van der Waals surface area contributed by atoms with Crippen LogP contribution in [-0.2, 0) is 0 Å². The number of nitrogens with zero attached hydrogens (tertiary/aromatic N) is 2. The highest BCUT2D eigenvalue weighted by Gasteiger charge is 2.17. The first-order valence-electron chi connectivity index (χ1n) is 4.05. The lowest BCUT2D eigenvalue weighted by Crippen LogP contribution is -2.11. The Morgan fingerprint density at radius 3 is 2.43 bits per heavy atom. The van der Waals surface area contributed by atoms with Gasteiger partial charge in [-0.05, 0) is 18.6 Å². The smallest absolute Gasteiger partial charge is 0.306 e. The Hall–Kier alpha value is -1.65. The third-order valence-electron chi connectivity index (χ3n) is 1.94. The Balaban J connectivity index is 3.34. The van der Waals surface area contributed by atoms with Gasteiger partial charge in [-0.25, -0.2) is 0 Å². The predicted octanol–water partition coefficient (Wildman–Crippen LogP) is 2.11. The highest BCUT2D eigenvalue weighted by Crippen LogP contribution is 2.26. The monoisotopic (exact) mass is 198 g/mol. The standard InChI is InChI=1S/C9H11FN2O2/c1-6-4-7(10)9(12(13)14)5-8(6)11(2)3/h4-5H,1-3H3. The van der Waals surface area contributed by atoms with Crippen molar-refractivity contribution >= 4 is 11.4 Å². The van der Waals surface area contributed by atoms with Gasteiger partial charge in [0.15, 0.2) is 0 Å². The molecule has 0 aromatic heterocycles. The number of aryl methyl sites for hydroxylation is 1. The van der Waals surface area contributed by atoms with Gasteiger partial charge in [0.1, 0.15) is 0 Å². The summed E-state index contributed by atoms with van der Waals surface area (Å²) in [6.07, 6.45) is 0. The van der Waals surface area contributed by atoms with Crippen molar-refractivity contribution in [2.75, 3.05) is 19.0 Å². The molecule has 0 spiro atoms. The van der Waals surface area contributed by atoms with Crippen molar-refractivity contribution < 1.29 is 9.31 Å². The van der Waals surface area contributed by atoms with Crippen LogP contribution in [0, 0.1) is 22.9 Å². The zero-order valence-electron chi connectivity index (χ0n) is 8.24. The molecule has 0 aliphatic carbocycles. The second-order valence-electron chi connectivity index (χ2n) is 3.24. The van der Waals surface area contributed by atoms with E-state index in [9.17, 15) is 14.5 Å². The van der Waals surface area contributed by atoms with Crippen molar-refractivity contribution in [2.24, 2.45) is 0 Å². The maximum Gasteiger partial charge on any atom is 0.306 e. The molecule has 0 aliphatic rings. The first-order chi connectivity index (χ1) is 6.43. The lowest BCUT2D eigenvalue weighted by molar-refractivity contribution is -0.387. The molecule has 0 bridgehead atoms. The van der Waals surface area contributed by atoms with Crippen molar-refractivity contribution in [3.63, 3.8) is 0 Å². The summed E-state index contributed by atoms with van der Waals surface area (Å²) < 4.78 is 13.1. The molecule has 0 unspecified atom stereocenters. The van der Waals surface area contributed by atoms with Gasteiger partial charge in [0.2, 0.25) is 5.82 Å². The summed E-state index contributed by atoms with van der Waals surface area (Å²) in [5.41, 5.74) is 0.843. The number of nitro groups is 1. The summed E-state index contributed by atoms with van der Waals surface area (Å²) in [7, 11) is 3.51. The third kappa shape index (κ3) is 1.81. The lowest BCUT2D eigenvalue weighted by atomic mass is 10.1. The van der Waals surface area contributed by atoms with E-state index in [0.29, 0.717) is 11.3 Å². The van der Waals surface area contributed by atoms with Gasteiger partial charge in [0.05, 0.1) is 4.92 Å². The number of hydrogen-bond acceptors (Lipinski definition) is 3. The fraction of sp³-hybridized carbons (Fsp3) is 0.333. The minimum atomic E-state index is -0.793. The van der Waals surface area contributed by atoms with E-state index in [-0.39, 0.29) is 0 Å². The van der Waals surface area contributed by atoms with Gasteiger partial charge < -0.3 is 4.90 Å². The van der Waals surface area contributed by atoms with Crippen molar-refractivity contribution in [1.29, 1.82) is 0 Å². The molecule has 0 atom stereocenters. The molecule has 0 saturated heterocycles. The summed E-state index contributed by atoms with van der Waals surface area (Å²) in [5.74, 6) is -0.793. The van der Waals surface area contributed by atoms with E-state index in [0.717, 1.165) is 0 Å². The van der Waals surface area contributed by atoms with Crippen molar-refractivity contribution in [2.45, 2.75) is 6.92 Å². The quantitative estimate of drug-likeness (QED) is 0.540. The van der Waals surface area contributed by atoms with Gasteiger partial charge >= 0.3 is 5.69 Å². The van der Waals surface area contributed by atoms with Crippen LogP contribution in [0.5, 0.6) is 0 Å². The summed E-state index contributed by atoms with van der Waals surface area (Å²) >= 11 is 0. The molecule has 5 heteroatoms. The summed E-state index contributed by atoms with van der Waals surface area (Å²) in [5, 5.41) is 10.5. The van der Waals surface area contributed by atoms with Crippen LogP contribution in [0.4, 0.5) is 15.8 Å². The Bertz CT molecular complexity index is 377. The Kier molecular flexibility index (Phi) is 2.69. The van der Waals surface area contributed by atoms with Gasteiger partial charge in [-0.2, -0.15) is 4.39 Å². The van der Waals surface area contributed by atoms with Crippen molar-refractivity contribution in [1.82, 2.24) is 0 Å². The van der Waals surface area contributed by atoms with Crippen LogP contribution >= 0.6 is 0 Å². The number of nitro benzene ring substituents is 1. The average molecular weight is 198 g/mol. The minimum Gasteiger partial charge on any atom is -0.377 e. The van der Waals surface area contributed by atoms with E-state index in [1.54, 1.807) is 25.9 Å². The molecule has 1 aromatic rings. The third-order valence-corrected chi connectivity index (χ3v) is 1.94. The molecule has 0 radical (unpaired) electrons. The SMILES string of the molecule is Cc1cc(F)c([N+](=O)[O-])cc1N(C)C. The Labute approximate surface area is 81.1 Å². The lowest BCUT2D eigenvalue weighted by Gasteiger charge is -2.15. The molecule has 0 N–H and O–H groups in total. The number of benzene rings is 1. The van der Waals surface area contributed by atoms with Gasteiger partial charge in [0.25, 0.3) is 0 Å². The normalized spacial score (nSPS) is 10.0. The second-order valence-corrected chi connectivity index (χ2v) is 3.24. The molecule has 4 nitrogen and oxygen atoms in total. The highest BCUT2D eigenvalue weighted by atomic mass is 19.1. The second kappa shape index (κ2) is 3.61. The topological polar surface area (TPSA) is 46.4 Å². The first-order valence-corrected chi connectivity index (χ1v) is 4.05. The van der Waals surface area contributed by atoms with Crippen LogP contribution in [0.25, 0.3) is 0 Å². The van der Waals surface area contributed by atoms with Crippen LogP contribution in [0.2, 0.25) is 0 Å². The molecule has 0 saturated carbocycles. The molecule has 0 aliphatic heterocycles. The van der Waals surface area contributed by atoms with E-state index in [2.05, 4.69) is 0 Å². The molecule has 0 heterocycles. The van der Waals surface area contributed by atoms with E-state index < -0.39 is 16.4 Å². The molecular weight excluding hydrogens is 187 g/mol. The summed E-state index contributed by atoms with van der Waals surface area (Å²) in [4.78, 5) is 11.4. The minimum absolute atomic E-state index is 0.487. The van der Waals surface area contributed by atoms with Crippen molar-refractivity contribution in [3.05, 3.63) is 33.6 Å². The molecule has 0 fully saturated rings. The summed E-state index contributed by atoms with van der Waals surface area (Å²) in [6, 6.07) is 2.41. The highest BCUT2D eigenvalue weighted by molar-refractivity contribution is 5.58. The zero-order valence-corrected chi connectivity index (χ0v) is 8.24. The maximum absolute atomic E-state index is 13.1. The van der Waals surface area contributed by atoms with E-state index in [1.165, 1.54) is 12.1 Å². The first kappa shape index (κ1) is 10.4. The van der Waals surface area contributed by atoms with Crippen LogP contribution in [0.1, 0.15) is 5.56 Å². The largest absolute Gasteiger partial charge is 0.377 e. The number of anilines is 1. The number of rotatable bonds is 2. The van der Waals surface area contributed by atoms with Crippen LogP contribution in [-0.4, -0.2) is 19.0 Å². The average Bonchev–Trinajstić information content (AvgIpc) is 2.02. The zero-order chi connectivity index (χ0) is 10.9. The van der Waals surface area contributed by atoms with Crippen molar-refractivity contribution in [3.8, 4) is 0 Å². The molecule has 14 heavy (non-hydrogen) atoms.